The van der Waals surface area contributed by atoms with Gasteiger partial charge in [-0.2, -0.15) is 0 Å². The predicted octanol–water partition coefficient (Wildman–Crippen LogP) is 3.20. The summed E-state index contributed by atoms with van der Waals surface area (Å²) in [6.45, 7) is 7.02. The molecule has 0 amide bonds. The lowest BCUT2D eigenvalue weighted by atomic mass is 10.1. The highest BCUT2D eigenvalue weighted by molar-refractivity contribution is 5.35. The first kappa shape index (κ1) is 13.0. The van der Waals surface area contributed by atoms with E-state index in [-0.39, 0.29) is 0 Å². The number of aryl methyl sites for hydroxylation is 2. The molecule has 0 bridgehead atoms. The second kappa shape index (κ2) is 6.54. The summed E-state index contributed by atoms with van der Waals surface area (Å²) in [5.41, 5.74) is 8.18. The molecule has 1 aromatic carbocycles. The second-order valence-corrected chi connectivity index (χ2v) is 4.59. The van der Waals surface area contributed by atoms with Crippen LogP contribution >= 0.6 is 0 Å². The molecule has 0 aliphatic heterocycles. The van der Waals surface area contributed by atoms with Crippen LogP contribution in [0.15, 0.2) is 18.2 Å². The smallest absolute Gasteiger partial charge is 0.122 e. The Labute approximate surface area is 98.8 Å². The van der Waals surface area contributed by atoms with Crippen LogP contribution in [0.1, 0.15) is 37.3 Å². The lowest BCUT2D eigenvalue weighted by Gasteiger charge is -2.10. The van der Waals surface area contributed by atoms with Gasteiger partial charge in [0.1, 0.15) is 5.75 Å². The number of benzene rings is 1. The summed E-state index contributed by atoms with van der Waals surface area (Å²) in [5, 5.41) is 0. The van der Waals surface area contributed by atoms with Crippen LogP contribution in [0.25, 0.3) is 0 Å². The summed E-state index contributed by atoms with van der Waals surface area (Å²) in [6.07, 6.45) is 3.30. The maximum Gasteiger partial charge on any atom is 0.122 e. The summed E-state index contributed by atoms with van der Waals surface area (Å²) in [4.78, 5) is 0. The molecule has 0 radical (unpaired) electrons. The summed E-state index contributed by atoms with van der Waals surface area (Å²) in [5.74, 6) is 1.01. The Morgan fingerprint density at radius 3 is 2.62 bits per heavy atom. The van der Waals surface area contributed by atoms with Crippen molar-refractivity contribution in [2.45, 2.75) is 46.1 Å². The van der Waals surface area contributed by atoms with E-state index < -0.39 is 0 Å². The Kier molecular flexibility index (Phi) is 5.33. The molecule has 2 N–H and O–H groups in total. The van der Waals surface area contributed by atoms with Crippen molar-refractivity contribution in [2.24, 2.45) is 5.73 Å². The van der Waals surface area contributed by atoms with E-state index in [1.54, 1.807) is 0 Å². The van der Waals surface area contributed by atoms with E-state index in [2.05, 4.69) is 32.0 Å². The van der Waals surface area contributed by atoms with Gasteiger partial charge in [0, 0.05) is 6.04 Å². The van der Waals surface area contributed by atoms with Crippen molar-refractivity contribution < 1.29 is 4.74 Å². The fourth-order valence-corrected chi connectivity index (χ4v) is 1.71. The first-order valence-corrected chi connectivity index (χ1v) is 6.05. The molecule has 16 heavy (non-hydrogen) atoms. The minimum absolute atomic E-state index is 0.307. The number of rotatable bonds is 6. The molecule has 0 aromatic heterocycles. The molecule has 0 heterocycles. The minimum atomic E-state index is 0.307. The molecule has 0 aliphatic carbocycles. The van der Waals surface area contributed by atoms with Gasteiger partial charge in [-0.1, -0.05) is 17.7 Å². The zero-order valence-corrected chi connectivity index (χ0v) is 10.6. The Bertz CT molecular complexity index is 321. The molecule has 1 unspecified atom stereocenters. The van der Waals surface area contributed by atoms with Gasteiger partial charge in [-0.25, -0.2) is 0 Å². The lowest BCUT2D eigenvalue weighted by molar-refractivity contribution is 0.302. The van der Waals surface area contributed by atoms with Crippen LogP contribution in [-0.2, 0) is 0 Å². The van der Waals surface area contributed by atoms with Crippen molar-refractivity contribution in [3.63, 3.8) is 0 Å². The maximum absolute atomic E-state index is 5.73. The first-order valence-electron chi connectivity index (χ1n) is 6.05. The van der Waals surface area contributed by atoms with Gasteiger partial charge < -0.3 is 10.5 Å². The van der Waals surface area contributed by atoms with Gasteiger partial charge in [0.05, 0.1) is 6.61 Å². The van der Waals surface area contributed by atoms with Crippen LogP contribution in [0.4, 0.5) is 0 Å². The SMILES string of the molecule is Cc1ccc(OCCCCC(C)N)c(C)c1. The zero-order valence-electron chi connectivity index (χ0n) is 10.6. The van der Waals surface area contributed by atoms with Crippen LogP contribution in [0, 0.1) is 13.8 Å². The van der Waals surface area contributed by atoms with Gasteiger partial charge in [0.25, 0.3) is 0 Å². The molecule has 0 spiro atoms. The highest BCUT2D eigenvalue weighted by Gasteiger charge is 1.99. The van der Waals surface area contributed by atoms with Crippen molar-refractivity contribution in [3.8, 4) is 5.75 Å². The quantitative estimate of drug-likeness (QED) is 0.749. The molecule has 0 saturated carbocycles. The van der Waals surface area contributed by atoms with Gasteiger partial charge >= 0.3 is 0 Å². The summed E-state index contributed by atoms with van der Waals surface area (Å²) < 4.78 is 5.73. The zero-order chi connectivity index (χ0) is 12.0. The van der Waals surface area contributed by atoms with Crippen LogP contribution in [0.3, 0.4) is 0 Å². The third-order valence-electron chi connectivity index (χ3n) is 2.64. The molecule has 2 heteroatoms. The highest BCUT2D eigenvalue weighted by atomic mass is 16.5. The lowest BCUT2D eigenvalue weighted by Crippen LogP contribution is -2.14. The van der Waals surface area contributed by atoms with Crippen LogP contribution < -0.4 is 10.5 Å². The van der Waals surface area contributed by atoms with Crippen molar-refractivity contribution in [2.75, 3.05) is 6.61 Å². The Hall–Kier alpha value is -1.02. The van der Waals surface area contributed by atoms with Gasteiger partial charge in [0.2, 0.25) is 0 Å². The van der Waals surface area contributed by atoms with Crippen LogP contribution in [0.2, 0.25) is 0 Å². The van der Waals surface area contributed by atoms with Gasteiger partial charge in [0.15, 0.2) is 0 Å². The molecule has 0 aliphatic rings. The average molecular weight is 221 g/mol. The number of unbranched alkanes of at least 4 members (excludes halogenated alkanes) is 1. The third kappa shape index (κ3) is 4.67. The Balaban J connectivity index is 2.27. The van der Waals surface area contributed by atoms with E-state index >= 15 is 0 Å². The van der Waals surface area contributed by atoms with E-state index in [0.29, 0.717) is 6.04 Å². The minimum Gasteiger partial charge on any atom is -0.493 e. The van der Waals surface area contributed by atoms with Crippen molar-refractivity contribution >= 4 is 0 Å². The largest absolute Gasteiger partial charge is 0.493 e. The molecule has 0 saturated heterocycles. The van der Waals surface area contributed by atoms with E-state index in [0.717, 1.165) is 31.6 Å². The predicted molar refractivity (Wildman–Crippen MR) is 68.9 cm³/mol. The van der Waals surface area contributed by atoms with Crippen LogP contribution in [-0.4, -0.2) is 12.6 Å². The van der Waals surface area contributed by atoms with Gasteiger partial charge in [-0.05, 0) is 51.7 Å². The molecule has 90 valence electrons. The van der Waals surface area contributed by atoms with Crippen molar-refractivity contribution in [3.05, 3.63) is 29.3 Å². The van der Waals surface area contributed by atoms with Gasteiger partial charge in [-0.3, -0.25) is 0 Å². The highest BCUT2D eigenvalue weighted by Crippen LogP contribution is 2.18. The Morgan fingerprint density at radius 1 is 1.25 bits per heavy atom. The van der Waals surface area contributed by atoms with Gasteiger partial charge in [-0.15, -0.1) is 0 Å². The second-order valence-electron chi connectivity index (χ2n) is 4.59. The summed E-state index contributed by atoms with van der Waals surface area (Å²) in [6, 6.07) is 6.60. The topological polar surface area (TPSA) is 35.2 Å². The van der Waals surface area contributed by atoms with E-state index in [9.17, 15) is 0 Å². The van der Waals surface area contributed by atoms with Crippen molar-refractivity contribution in [1.82, 2.24) is 0 Å². The molecule has 2 nitrogen and oxygen atoms in total. The average Bonchev–Trinajstić information content (AvgIpc) is 2.20. The normalized spacial score (nSPS) is 12.5. The molecule has 1 atom stereocenters. The molecule has 0 fully saturated rings. The molecular weight excluding hydrogens is 198 g/mol. The standard InChI is InChI=1S/C14H23NO/c1-11-7-8-14(12(2)10-11)16-9-5-4-6-13(3)15/h7-8,10,13H,4-6,9,15H2,1-3H3. The number of nitrogens with two attached hydrogens (primary N) is 1. The molecular formula is C14H23NO. The third-order valence-corrected chi connectivity index (χ3v) is 2.64. The maximum atomic E-state index is 5.73. The summed E-state index contributed by atoms with van der Waals surface area (Å²) in [7, 11) is 0. The van der Waals surface area contributed by atoms with E-state index in [1.807, 2.05) is 6.92 Å². The monoisotopic (exact) mass is 221 g/mol. The van der Waals surface area contributed by atoms with Crippen LogP contribution in [0.5, 0.6) is 5.75 Å². The molecule has 1 aromatic rings. The van der Waals surface area contributed by atoms with E-state index in [4.69, 9.17) is 10.5 Å². The van der Waals surface area contributed by atoms with Crippen molar-refractivity contribution in [1.29, 1.82) is 0 Å². The fourth-order valence-electron chi connectivity index (χ4n) is 1.71. The fraction of sp³-hybridized carbons (Fsp3) is 0.571. The van der Waals surface area contributed by atoms with E-state index in [1.165, 1.54) is 11.1 Å². The first-order chi connectivity index (χ1) is 7.59. The Morgan fingerprint density at radius 2 is 2.00 bits per heavy atom. The summed E-state index contributed by atoms with van der Waals surface area (Å²) >= 11 is 0. The number of hydrogen-bond donors (Lipinski definition) is 1. The molecule has 1 rings (SSSR count). The number of hydrogen-bond acceptors (Lipinski definition) is 2. The number of ether oxygens (including phenoxy) is 1.